The lowest BCUT2D eigenvalue weighted by atomic mass is 10.1. The smallest absolute Gasteiger partial charge is 0.322 e. The fourth-order valence-corrected chi connectivity index (χ4v) is 1.94. The van der Waals surface area contributed by atoms with E-state index < -0.39 is 0 Å². The van der Waals surface area contributed by atoms with E-state index in [0.29, 0.717) is 13.0 Å². The maximum atomic E-state index is 11.5. The first-order chi connectivity index (χ1) is 9.08. The summed E-state index contributed by atoms with van der Waals surface area (Å²) in [7, 11) is 1.40. The van der Waals surface area contributed by atoms with E-state index in [1.54, 1.807) is 0 Å². The van der Waals surface area contributed by atoms with Crippen LogP contribution < -0.4 is 10.1 Å². The van der Waals surface area contributed by atoms with Crippen LogP contribution in [-0.2, 0) is 9.53 Å². The lowest BCUT2D eigenvalue weighted by molar-refractivity contribution is -0.143. The molecule has 0 saturated heterocycles. The molecule has 106 valence electrons. The van der Waals surface area contributed by atoms with Gasteiger partial charge in [0.1, 0.15) is 11.8 Å². The van der Waals surface area contributed by atoms with Crippen molar-refractivity contribution in [3.05, 3.63) is 29.3 Å². The molecule has 0 amide bonds. The Kier molecular flexibility index (Phi) is 6.36. The van der Waals surface area contributed by atoms with Crippen LogP contribution in [0.1, 0.15) is 24.5 Å². The molecule has 0 aromatic heterocycles. The summed E-state index contributed by atoms with van der Waals surface area (Å²) in [6, 6.07) is 5.76. The molecule has 0 aliphatic carbocycles. The molecule has 1 unspecified atom stereocenters. The summed E-state index contributed by atoms with van der Waals surface area (Å²) in [6.45, 7) is 7.24. The Labute approximate surface area is 115 Å². The zero-order chi connectivity index (χ0) is 14.3. The zero-order valence-corrected chi connectivity index (χ0v) is 12.2. The highest BCUT2D eigenvalue weighted by Gasteiger charge is 2.17. The number of benzene rings is 1. The first-order valence-corrected chi connectivity index (χ1v) is 6.59. The van der Waals surface area contributed by atoms with Gasteiger partial charge in [-0.15, -0.1) is 0 Å². The van der Waals surface area contributed by atoms with Crippen molar-refractivity contribution in [2.75, 3.05) is 20.3 Å². The summed E-state index contributed by atoms with van der Waals surface area (Å²) in [6.07, 6.45) is 0.591. The van der Waals surface area contributed by atoms with Gasteiger partial charge < -0.3 is 14.8 Å². The van der Waals surface area contributed by atoms with Crippen LogP contribution in [0.25, 0.3) is 0 Å². The van der Waals surface area contributed by atoms with Crippen LogP contribution in [-0.4, -0.2) is 32.3 Å². The van der Waals surface area contributed by atoms with Gasteiger partial charge in [0.15, 0.2) is 0 Å². The normalized spacial score (nSPS) is 12.0. The second-order valence-corrected chi connectivity index (χ2v) is 4.54. The van der Waals surface area contributed by atoms with E-state index in [-0.39, 0.29) is 12.0 Å². The van der Waals surface area contributed by atoms with Crippen LogP contribution in [0.5, 0.6) is 5.75 Å². The fourth-order valence-electron chi connectivity index (χ4n) is 1.94. The van der Waals surface area contributed by atoms with Crippen molar-refractivity contribution >= 4 is 5.97 Å². The third kappa shape index (κ3) is 4.91. The monoisotopic (exact) mass is 265 g/mol. The Hall–Kier alpha value is -1.55. The van der Waals surface area contributed by atoms with Crippen LogP contribution >= 0.6 is 0 Å². The van der Waals surface area contributed by atoms with Crippen molar-refractivity contribution in [2.24, 2.45) is 0 Å². The molecule has 0 bridgehead atoms. The maximum absolute atomic E-state index is 11.5. The number of aryl methyl sites for hydroxylation is 2. The van der Waals surface area contributed by atoms with Crippen LogP contribution in [0.3, 0.4) is 0 Å². The number of hydrogen-bond donors (Lipinski definition) is 1. The summed E-state index contributed by atoms with van der Waals surface area (Å²) in [4.78, 5) is 11.5. The van der Waals surface area contributed by atoms with Gasteiger partial charge in [0.05, 0.1) is 13.7 Å². The molecule has 1 rings (SSSR count). The van der Waals surface area contributed by atoms with Gasteiger partial charge in [-0.05, 0) is 32.0 Å². The van der Waals surface area contributed by atoms with Gasteiger partial charge in [-0.25, -0.2) is 0 Å². The van der Waals surface area contributed by atoms with Crippen LogP contribution in [0.2, 0.25) is 0 Å². The number of ether oxygens (including phenoxy) is 2. The van der Waals surface area contributed by atoms with E-state index in [0.717, 1.165) is 17.9 Å². The van der Waals surface area contributed by atoms with Gasteiger partial charge in [-0.1, -0.05) is 24.6 Å². The number of methoxy groups -OCH3 is 1. The molecule has 4 heteroatoms. The van der Waals surface area contributed by atoms with E-state index in [4.69, 9.17) is 9.47 Å². The molecule has 0 radical (unpaired) electrons. The molecular weight excluding hydrogens is 242 g/mol. The van der Waals surface area contributed by atoms with Crippen molar-refractivity contribution in [3.8, 4) is 5.75 Å². The van der Waals surface area contributed by atoms with Crippen molar-refractivity contribution in [3.63, 3.8) is 0 Å². The summed E-state index contributed by atoms with van der Waals surface area (Å²) in [5.74, 6) is 0.622. The van der Waals surface area contributed by atoms with E-state index >= 15 is 0 Å². The molecule has 0 saturated carbocycles. The third-order valence-electron chi connectivity index (χ3n) is 2.93. The second-order valence-electron chi connectivity index (χ2n) is 4.54. The average Bonchev–Trinajstić information content (AvgIpc) is 2.39. The highest BCUT2D eigenvalue weighted by Crippen LogP contribution is 2.18. The molecule has 0 aliphatic rings. The minimum absolute atomic E-state index is 0.244. The number of esters is 1. The number of likely N-dealkylation sites (N-methyl/N-ethyl adjacent to an activating group) is 1. The topological polar surface area (TPSA) is 47.6 Å². The molecule has 19 heavy (non-hydrogen) atoms. The van der Waals surface area contributed by atoms with Gasteiger partial charge in [0.2, 0.25) is 0 Å². The number of hydrogen-bond acceptors (Lipinski definition) is 4. The summed E-state index contributed by atoms with van der Waals surface area (Å²) in [5.41, 5.74) is 2.32. The summed E-state index contributed by atoms with van der Waals surface area (Å²) in [5, 5.41) is 3.09. The number of carbonyl (C=O) groups is 1. The number of carbonyl (C=O) groups excluding carboxylic acids is 1. The first kappa shape index (κ1) is 15.5. The van der Waals surface area contributed by atoms with Gasteiger partial charge in [-0.3, -0.25) is 4.79 Å². The Morgan fingerprint density at radius 3 is 2.68 bits per heavy atom. The lowest BCUT2D eigenvalue weighted by Gasteiger charge is -2.16. The Bertz CT molecular complexity index is 418. The van der Waals surface area contributed by atoms with Gasteiger partial charge in [-0.2, -0.15) is 0 Å². The van der Waals surface area contributed by atoms with Crippen molar-refractivity contribution in [1.29, 1.82) is 0 Å². The molecule has 4 nitrogen and oxygen atoms in total. The molecule has 1 aromatic rings. The largest absolute Gasteiger partial charge is 0.493 e. The van der Waals surface area contributed by atoms with E-state index in [2.05, 4.69) is 18.3 Å². The quantitative estimate of drug-likeness (QED) is 0.768. The van der Waals surface area contributed by atoms with E-state index in [9.17, 15) is 4.79 Å². The number of rotatable bonds is 7. The third-order valence-corrected chi connectivity index (χ3v) is 2.93. The molecule has 0 fully saturated rings. The van der Waals surface area contributed by atoms with Crippen molar-refractivity contribution in [2.45, 2.75) is 33.2 Å². The van der Waals surface area contributed by atoms with Crippen LogP contribution in [0.15, 0.2) is 18.2 Å². The molecule has 0 spiro atoms. The Morgan fingerprint density at radius 2 is 2.11 bits per heavy atom. The van der Waals surface area contributed by atoms with Crippen molar-refractivity contribution in [1.82, 2.24) is 5.32 Å². The predicted molar refractivity (Wildman–Crippen MR) is 75.5 cm³/mol. The summed E-state index contributed by atoms with van der Waals surface area (Å²) < 4.78 is 10.5. The minimum Gasteiger partial charge on any atom is -0.493 e. The zero-order valence-electron chi connectivity index (χ0n) is 12.2. The minimum atomic E-state index is -0.305. The SMILES string of the molecule is CCNC(CCOc1ccc(C)cc1C)C(=O)OC. The second kappa shape index (κ2) is 7.79. The maximum Gasteiger partial charge on any atom is 0.322 e. The van der Waals surface area contributed by atoms with Gasteiger partial charge in [0.25, 0.3) is 0 Å². The molecule has 1 aromatic carbocycles. The van der Waals surface area contributed by atoms with Gasteiger partial charge in [0, 0.05) is 6.42 Å². The van der Waals surface area contributed by atoms with Crippen molar-refractivity contribution < 1.29 is 14.3 Å². The fraction of sp³-hybridized carbons (Fsp3) is 0.533. The standard InChI is InChI=1S/C15H23NO3/c1-5-16-13(15(17)18-4)8-9-19-14-7-6-11(2)10-12(14)3/h6-7,10,13,16H,5,8-9H2,1-4H3. The van der Waals surface area contributed by atoms with Crippen LogP contribution in [0.4, 0.5) is 0 Å². The summed E-state index contributed by atoms with van der Waals surface area (Å²) >= 11 is 0. The Balaban J connectivity index is 2.49. The molecule has 0 heterocycles. The molecule has 1 atom stereocenters. The highest BCUT2D eigenvalue weighted by atomic mass is 16.5. The average molecular weight is 265 g/mol. The Morgan fingerprint density at radius 1 is 1.37 bits per heavy atom. The van der Waals surface area contributed by atoms with Crippen LogP contribution in [0, 0.1) is 13.8 Å². The number of nitrogens with one attached hydrogen (secondary N) is 1. The van der Waals surface area contributed by atoms with E-state index in [1.807, 2.05) is 26.0 Å². The molecule has 1 N–H and O–H groups in total. The highest BCUT2D eigenvalue weighted by molar-refractivity contribution is 5.75. The predicted octanol–water partition coefficient (Wildman–Crippen LogP) is 2.22. The first-order valence-electron chi connectivity index (χ1n) is 6.59. The molecular formula is C15H23NO3. The lowest BCUT2D eigenvalue weighted by Crippen LogP contribution is -2.38. The van der Waals surface area contributed by atoms with E-state index in [1.165, 1.54) is 12.7 Å². The van der Waals surface area contributed by atoms with Gasteiger partial charge >= 0.3 is 5.97 Å². The molecule has 0 aliphatic heterocycles.